The van der Waals surface area contributed by atoms with Crippen LogP contribution in [0.5, 0.6) is 0 Å². The quantitative estimate of drug-likeness (QED) is 0.673. The zero-order valence-electron chi connectivity index (χ0n) is 13.9. The van der Waals surface area contributed by atoms with Crippen molar-refractivity contribution in [1.29, 1.82) is 0 Å². The van der Waals surface area contributed by atoms with Crippen molar-refractivity contribution in [3.8, 4) is 0 Å². The summed E-state index contributed by atoms with van der Waals surface area (Å²) >= 11 is 3.34. The summed E-state index contributed by atoms with van der Waals surface area (Å²) < 4.78 is 2.15. The van der Waals surface area contributed by atoms with Gasteiger partial charge in [-0.2, -0.15) is 5.10 Å². The van der Waals surface area contributed by atoms with Crippen molar-refractivity contribution in [2.24, 2.45) is 0 Å². The van der Waals surface area contributed by atoms with Gasteiger partial charge in [0.25, 0.3) is 11.5 Å². The first kappa shape index (κ1) is 17.3. The average molecular weight is 401 g/mol. The van der Waals surface area contributed by atoms with Gasteiger partial charge in [0.1, 0.15) is 5.82 Å². The van der Waals surface area contributed by atoms with Gasteiger partial charge < -0.3 is 0 Å². The number of nitrogens with zero attached hydrogens (tertiary/aromatic N) is 4. The molecule has 0 unspecified atom stereocenters. The van der Waals surface area contributed by atoms with Crippen LogP contribution in [0.1, 0.15) is 24.3 Å². The summed E-state index contributed by atoms with van der Waals surface area (Å²) in [5, 5.41) is 5.35. The smallest absolute Gasteiger partial charge is 0.280 e. The minimum absolute atomic E-state index is 0.195. The molecule has 0 radical (unpaired) electrons. The molecule has 0 aliphatic heterocycles. The standard InChI is InChI=1S/C18H17BrN4O2/c1-3-22(15-10-9-12(19)11-20-15)18(25)16-13-7-5-6-8-14(13)17(24)23(4-2)21-16/h5-11H,3-4H2,1-2H3. The highest BCUT2D eigenvalue weighted by Crippen LogP contribution is 2.20. The van der Waals surface area contributed by atoms with Crippen LogP contribution < -0.4 is 10.5 Å². The predicted octanol–water partition coefficient (Wildman–Crippen LogP) is 3.24. The lowest BCUT2D eigenvalue weighted by atomic mass is 10.1. The number of amides is 1. The molecule has 0 fully saturated rings. The highest BCUT2D eigenvalue weighted by atomic mass is 79.9. The molecule has 25 heavy (non-hydrogen) atoms. The zero-order chi connectivity index (χ0) is 18.0. The fraction of sp³-hybridized carbons (Fsp3) is 0.222. The van der Waals surface area contributed by atoms with Gasteiger partial charge in [-0.1, -0.05) is 18.2 Å². The van der Waals surface area contributed by atoms with Crippen molar-refractivity contribution in [1.82, 2.24) is 14.8 Å². The molecule has 3 aromatic rings. The normalized spacial score (nSPS) is 10.8. The lowest BCUT2D eigenvalue weighted by Gasteiger charge is -2.20. The second kappa shape index (κ2) is 7.14. The van der Waals surface area contributed by atoms with Crippen LogP contribution in [0.2, 0.25) is 0 Å². The monoisotopic (exact) mass is 400 g/mol. The van der Waals surface area contributed by atoms with Crippen LogP contribution in [0.3, 0.4) is 0 Å². The van der Waals surface area contributed by atoms with Crippen molar-refractivity contribution in [3.63, 3.8) is 0 Å². The van der Waals surface area contributed by atoms with Crippen LogP contribution in [0.25, 0.3) is 10.8 Å². The fourth-order valence-electron chi connectivity index (χ4n) is 2.67. The summed E-state index contributed by atoms with van der Waals surface area (Å²) in [6.45, 7) is 4.53. The van der Waals surface area contributed by atoms with E-state index in [1.807, 2.05) is 19.9 Å². The number of hydrogen-bond acceptors (Lipinski definition) is 4. The molecule has 1 aromatic carbocycles. The Morgan fingerprint density at radius 1 is 1.16 bits per heavy atom. The largest absolute Gasteiger partial charge is 0.292 e. The SMILES string of the molecule is CCN(C(=O)c1nn(CC)c(=O)c2ccccc12)c1ccc(Br)cn1. The number of halogens is 1. The Balaban J connectivity index is 2.17. The Labute approximate surface area is 153 Å². The van der Waals surface area contributed by atoms with Crippen molar-refractivity contribution in [3.05, 3.63) is 63.1 Å². The highest BCUT2D eigenvalue weighted by molar-refractivity contribution is 9.10. The van der Waals surface area contributed by atoms with Crippen LogP contribution >= 0.6 is 15.9 Å². The fourth-order valence-corrected chi connectivity index (χ4v) is 2.91. The number of fused-ring (bicyclic) bond motifs is 1. The molecule has 0 aliphatic carbocycles. The number of anilines is 1. The number of rotatable bonds is 4. The van der Waals surface area contributed by atoms with Gasteiger partial charge in [0.05, 0.1) is 5.39 Å². The van der Waals surface area contributed by atoms with Crippen molar-refractivity contribution in [2.75, 3.05) is 11.4 Å². The molecule has 0 spiro atoms. The van der Waals surface area contributed by atoms with Crippen molar-refractivity contribution >= 4 is 38.4 Å². The van der Waals surface area contributed by atoms with Crippen LogP contribution in [0.4, 0.5) is 5.82 Å². The van der Waals surface area contributed by atoms with Crippen LogP contribution in [0.15, 0.2) is 51.9 Å². The summed E-state index contributed by atoms with van der Waals surface area (Å²) in [7, 11) is 0. The van der Waals surface area contributed by atoms with Gasteiger partial charge in [0, 0.05) is 29.1 Å². The van der Waals surface area contributed by atoms with Gasteiger partial charge in [-0.3, -0.25) is 14.5 Å². The first-order valence-electron chi connectivity index (χ1n) is 8.00. The second-order valence-electron chi connectivity index (χ2n) is 5.40. The number of pyridine rings is 1. The molecule has 128 valence electrons. The van der Waals surface area contributed by atoms with Gasteiger partial charge in [-0.15, -0.1) is 0 Å². The molecule has 7 heteroatoms. The number of aryl methyl sites for hydroxylation is 1. The first-order chi connectivity index (χ1) is 12.1. The average Bonchev–Trinajstić information content (AvgIpc) is 2.64. The van der Waals surface area contributed by atoms with Crippen molar-refractivity contribution < 1.29 is 4.79 Å². The molecule has 2 heterocycles. The van der Waals surface area contributed by atoms with Crippen molar-refractivity contribution in [2.45, 2.75) is 20.4 Å². The van der Waals surface area contributed by atoms with E-state index in [-0.39, 0.29) is 17.2 Å². The Bertz CT molecular complexity index is 983. The third-order valence-electron chi connectivity index (χ3n) is 3.92. The molecule has 2 aromatic heterocycles. The third-order valence-corrected chi connectivity index (χ3v) is 4.39. The van der Waals surface area contributed by atoms with E-state index < -0.39 is 0 Å². The lowest BCUT2D eigenvalue weighted by molar-refractivity contribution is 0.0982. The molecule has 0 atom stereocenters. The van der Waals surface area contributed by atoms with E-state index in [2.05, 4.69) is 26.0 Å². The van der Waals surface area contributed by atoms with Gasteiger partial charge in [-0.05, 0) is 48.0 Å². The van der Waals surface area contributed by atoms with Gasteiger partial charge in [0.15, 0.2) is 5.69 Å². The molecular weight excluding hydrogens is 384 g/mol. The summed E-state index contributed by atoms with van der Waals surface area (Å²) in [5.74, 6) is 0.256. The molecule has 0 saturated carbocycles. The Kier molecular flexibility index (Phi) is 4.94. The van der Waals surface area contributed by atoms with Gasteiger partial charge in [-0.25, -0.2) is 9.67 Å². The van der Waals surface area contributed by atoms with E-state index in [1.54, 1.807) is 41.4 Å². The maximum Gasteiger partial charge on any atom is 0.280 e. The first-order valence-corrected chi connectivity index (χ1v) is 8.79. The molecule has 6 nitrogen and oxygen atoms in total. The number of carbonyl (C=O) groups is 1. The topological polar surface area (TPSA) is 68.1 Å². The molecule has 0 bridgehead atoms. The minimum atomic E-state index is -0.282. The second-order valence-corrected chi connectivity index (χ2v) is 6.31. The van der Waals surface area contributed by atoms with Gasteiger partial charge >= 0.3 is 0 Å². The molecule has 0 N–H and O–H groups in total. The zero-order valence-corrected chi connectivity index (χ0v) is 15.5. The van der Waals surface area contributed by atoms with Crippen LogP contribution in [-0.2, 0) is 6.54 Å². The summed E-state index contributed by atoms with van der Waals surface area (Å²) in [5.41, 5.74) is 0.0584. The molecular formula is C18H17BrN4O2. The Morgan fingerprint density at radius 3 is 2.48 bits per heavy atom. The highest BCUT2D eigenvalue weighted by Gasteiger charge is 2.22. The van der Waals surface area contributed by atoms with E-state index >= 15 is 0 Å². The lowest BCUT2D eigenvalue weighted by Crippen LogP contribution is -2.34. The summed E-state index contributed by atoms with van der Waals surface area (Å²) in [6.07, 6.45) is 1.64. The number of carbonyl (C=O) groups excluding carboxylic acids is 1. The van der Waals surface area contributed by atoms with E-state index in [0.29, 0.717) is 29.7 Å². The molecule has 3 rings (SSSR count). The van der Waals surface area contributed by atoms with Gasteiger partial charge in [0.2, 0.25) is 0 Å². The number of benzene rings is 1. The van der Waals surface area contributed by atoms with E-state index in [0.717, 1.165) is 4.47 Å². The number of hydrogen-bond donors (Lipinski definition) is 0. The molecule has 1 amide bonds. The number of aromatic nitrogens is 3. The third kappa shape index (κ3) is 3.19. The Morgan fingerprint density at radius 2 is 1.88 bits per heavy atom. The van der Waals surface area contributed by atoms with Crippen LogP contribution in [-0.4, -0.2) is 27.2 Å². The van der Waals surface area contributed by atoms with E-state index in [9.17, 15) is 9.59 Å². The Hall–Kier alpha value is -2.54. The predicted molar refractivity (Wildman–Crippen MR) is 101 cm³/mol. The summed E-state index contributed by atoms with van der Waals surface area (Å²) in [4.78, 5) is 31.4. The molecule has 0 saturated heterocycles. The van der Waals surface area contributed by atoms with E-state index in [1.165, 1.54) is 4.68 Å². The minimum Gasteiger partial charge on any atom is -0.292 e. The van der Waals surface area contributed by atoms with Crippen LogP contribution in [0, 0.1) is 0 Å². The summed E-state index contributed by atoms with van der Waals surface area (Å²) in [6, 6.07) is 10.6. The maximum absolute atomic E-state index is 13.2. The molecule has 0 aliphatic rings. The maximum atomic E-state index is 13.2. The van der Waals surface area contributed by atoms with E-state index in [4.69, 9.17) is 0 Å².